The maximum absolute atomic E-state index is 12.7. The summed E-state index contributed by atoms with van der Waals surface area (Å²) in [6.45, 7) is 5.74. The van der Waals surface area contributed by atoms with Gasteiger partial charge in [-0.3, -0.25) is 4.79 Å². The number of nitrogens with zero attached hydrogens (tertiary/aromatic N) is 2. The number of hydrogen-bond donors (Lipinski definition) is 2. The molecule has 2 N–H and O–H groups in total. The molecule has 0 aliphatic heterocycles. The van der Waals surface area contributed by atoms with E-state index in [9.17, 15) is 9.90 Å². The van der Waals surface area contributed by atoms with Gasteiger partial charge in [-0.15, -0.1) is 0 Å². The van der Waals surface area contributed by atoms with Crippen LogP contribution in [0, 0.1) is 6.92 Å². The van der Waals surface area contributed by atoms with Gasteiger partial charge in [0.25, 0.3) is 11.6 Å². The minimum Gasteiger partial charge on any atom is -0.506 e. The van der Waals surface area contributed by atoms with E-state index in [-0.39, 0.29) is 17.6 Å². The fourth-order valence-corrected chi connectivity index (χ4v) is 2.36. The topological polar surface area (TPSA) is 88.2 Å². The Bertz CT molecular complexity index is 884. The van der Waals surface area contributed by atoms with Crippen molar-refractivity contribution in [3.05, 3.63) is 47.3 Å². The Morgan fingerprint density at radius 2 is 2.04 bits per heavy atom. The number of phenols is 1. The highest BCUT2D eigenvalue weighted by Gasteiger charge is 2.20. The van der Waals surface area contributed by atoms with Gasteiger partial charge in [-0.25, -0.2) is 4.98 Å². The van der Waals surface area contributed by atoms with Gasteiger partial charge in [-0.05, 0) is 31.0 Å². The first-order chi connectivity index (χ1) is 11.0. The summed E-state index contributed by atoms with van der Waals surface area (Å²) in [7, 11) is 0. The Morgan fingerprint density at radius 1 is 1.30 bits per heavy atom. The van der Waals surface area contributed by atoms with Crippen LogP contribution in [-0.4, -0.2) is 21.2 Å². The molecule has 2 aromatic heterocycles. The molecule has 0 saturated heterocycles. The first kappa shape index (κ1) is 15.0. The number of hydrogen-bond acceptors (Lipinski definition) is 5. The Hall–Kier alpha value is -2.89. The minimum absolute atomic E-state index is 0.0114. The predicted molar refractivity (Wildman–Crippen MR) is 86.7 cm³/mol. The lowest BCUT2D eigenvalue weighted by molar-refractivity contribution is 0.102. The highest BCUT2D eigenvalue weighted by molar-refractivity contribution is 6.12. The molecule has 1 aromatic carbocycles. The van der Waals surface area contributed by atoms with Crippen LogP contribution < -0.4 is 5.32 Å². The molecule has 0 atom stereocenters. The van der Waals surface area contributed by atoms with Gasteiger partial charge in [0.1, 0.15) is 5.75 Å². The molecule has 3 rings (SSSR count). The van der Waals surface area contributed by atoms with Crippen LogP contribution in [0.2, 0.25) is 0 Å². The maximum atomic E-state index is 12.7. The van der Waals surface area contributed by atoms with E-state index in [1.807, 2.05) is 13.8 Å². The third-order valence-electron chi connectivity index (χ3n) is 3.63. The zero-order valence-corrected chi connectivity index (χ0v) is 13.1. The third-order valence-corrected chi connectivity index (χ3v) is 3.63. The molecular formula is C17H17N3O3. The number of aromatic hydroxyl groups is 1. The van der Waals surface area contributed by atoms with Crippen molar-refractivity contribution in [1.29, 1.82) is 0 Å². The zero-order chi connectivity index (χ0) is 16.6. The summed E-state index contributed by atoms with van der Waals surface area (Å²) < 4.78 is 5.21. The monoisotopic (exact) mass is 311 g/mol. The number of aryl methyl sites for hydroxylation is 1. The van der Waals surface area contributed by atoms with E-state index in [1.165, 1.54) is 6.07 Å². The number of carbonyl (C=O) groups excluding carboxylic acids is 1. The summed E-state index contributed by atoms with van der Waals surface area (Å²) in [6.07, 6.45) is 0. The summed E-state index contributed by atoms with van der Waals surface area (Å²) in [5.74, 6) is -0.189. The van der Waals surface area contributed by atoms with E-state index >= 15 is 0 Å². The van der Waals surface area contributed by atoms with Crippen LogP contribution in [0.4, 0.5) is 5.69 Å². The van der Waals surface area contributed by atoms with Crippen LogP contribution in [0.1, 0.15) is 41.5 Å². The molecule has 118 valence electrons. The van der Waals surface area contributed by atoms with Crippen LogP contribution in [0.25, 0.3) is 11.1 Å². The van der Waals surface area contributed by atoms with Crippen molar-refractivity contribution >= 4 is 22.7 Å². The summed E-state index contributed by atoms with van der Waals surface area (Å²) in [6, 6.07) is 8.32. The summed E-state index contributed by atoms with van der Waals surface area (Å²) in [5, 5.41) is 17.0. The van der Waals surface area contributed by atoms with E-state index in [1.54, 1.807) is 31.2 Å². The van der Waals surface area contributed by atoms with E-state index in [0.29, 0.717) is 28.0 Å². The SMILES string of the molecule is Cc1noc2nc(C(C)C)cc(C(=O)Nc3ccccc3O)c12. The van der Waals surface area contributed by atoms with E-state index < -0.39 is 0 Å². The smallest absolute Gasteiger partial charge is 0.259 e. The number of fused-ring (bicyclic) bond motifs is 1. The molecular weight excluding hydrogens is 294 g/mol. The lowest BCUT2D eigenvalue weighted by atomic mass is 10.0. The Balaban J connectivity index is 2.09. The zero-order valence-electron chi connectivity index (χ0n) is 13.1. The second-order valence-electron chi connectivity index (χ2n) is 5.67. The van der Waals surface area contributed by atoms with Crippen molar-refractivity contribution in [3.8, 4) is 5.75 Å². The molecule has 2 heterocycles. The lowest BCUT2D eigenvalue weighted by Crippen LogP contribution is -2.14. The average molecular weight is 311 g/mol. The highest BCUT2D eigenvalue weighted by atomic mass is 16.5. The van der Waals surface area contributed by atoms with E-state index in [2.05, 4.69) is 15.5 Å². The van der Waals surface area contributed by atoms with Gasteiger partial charge in [0.15, 0.2) is 0 Å². The molecule has 1 amide bonds. The second-order valence-corrected chi connectivity index (χ2v) is 5.67. The molecule has 0 radical (unpaired) electrons. The van der Waals surface area contributed by atoms with Crippen LogP contribution in [-0.2, 0) is 0 Å². The largest absolute Gasteiger partial charge is 0.506 e. The highest BCUT2D eigenvalue weighted by Crippen LogP contribution is 2.27. The number of amides is 1. The van der Waals surface area contributed by atoms with Crippen molar-refractivity contribution in [2.45, 2.75) is 26.7 Å². The number of para-hydroxylation sites is 2. The standard InChI is InChI=1S/C17H17N3O3/c1-9(2)13-8-11(15-10(3)20-23-17(15)19-13)16(22)18-12-6-4-5-7-14(12)21/h4-9,21H,1-3H3,(H,18,22). The maximum Gasteiger partial charge on any atom is 0.259 e. The third kappa shape index (κ3) is 2.75. The van der Waals surface area contributed by atoms with Gasteiger partial charge in [-0.2, -0.15) is 0 Å². The van der Waals surface area contributed by atoms with Crippen LogP contribution in [0.5, 0.6) is 5.75 Å². The van der Waals surface area contributed by atoms with Gasteiger partial charge >= 0.3 is 0 Å². The second kappa shape index (κ2) is 5.72. The van der Waals surface area contributed by atoms with Gasteiger partial charge in [-0.1, -0.05) is 31.1 Å². The quantitative estimate of drug-likeness (QED) is 0.721. The fourth-order valence-electron chi connectivity index (χ4n) is 2.36. The first-order valence-electron chi connectivity index (χ1n) is 7.33. The molecule has 0 saturated carbocycles. The Morgan fingerprint density at radius 3 is 2.74 bits per heavy atom. The normalized spacial score (nSPS) is 11.1. The van der Waals surface area contributed by atoms with Crippen molar-refractivity contribution in [2.75, 3.05) is 5.32 Å². The number of pyridine rings is 1. The Labute approximate surface area is 133 Å². The van der Waals surface area contributed by atoms with Gasteiger partial charge in [0, 0.05) is 5.69 Å². The molecule has 0 aliphatic carbocycles. The van der Waals surface area contributed by atoms with Crippen LogP contribution in [0.15, 0.2) is 34.9 Å². The van der Waals surface area contributed by atoms with Gasteiger partial charge in [0.2, 0.25) is 0 Å². The number of phenolic OH excluding ortho intramolecular Hbond substituents is 1. The van der Waals surface area contributed by atoms with Crippen molar-refractivity contribution in [2.24, 2.45) is 0 Å². The Kier molecular flexibility index (Phi) is 3.73. The molecule has 0 bridgehead atoms. The average Bonchev–Trinajstić information content (AvgIpc) is 2.90. The minimum atomic E-state index is -0.341. The molecule has 3 aromatic rings. The molecule has 0 aliphatic rings. The van der Waals surface area contributed by atoms with Gasteiger partial charge < -0.3 is 14.9 Å². The molecule has 6 nitrogen and oxygen atoms in total. The molecule has 0 spiro atoms. The molecule has 23 heavy (non-hydrogen) atoms. The van der Waals surface area contributed by atoms with Crippen molar-refractivity contribution < 1.29 is 14.4 Å². The predicted octanol–water partition coefficient (Wildman–Crippen LogP) is 3.61. The van der Waals surface area contributed by atoms with Crippen molar-refractivity contribution in [3.63, 3.8) is 0 Å². The fraction of sp³-hybridized carbons (Fsp3) is 0.235. The summed E-state index contributed by atoms with van der Waals surface area (Å²) in [4.78, 5) is 17.1. The number of aromatic nitrogens is 2. The molecule has 0 unspecified atom stereocenters. The van der Waals surface area contributed by atoms with E-state index in [4.69, 9.17) is 4.52 Å². The number of anilines is 1. The lowest BCUT2D eigenvalue weighted by Gasteiger charge is -2.10. The first-order valence-corrected chi connectivity index (χ1v) is 7.33. The van der Waals surface area contributed by atoms with E-state index in [0.717, 1.165) is 5.69 Å². The van der Waals surface area contributed by atoms with Crippen molar-refractivity contribution in [1.82, 2.24) is 10.1 Å². The summed E-state index contributed by atoms with van der Waals surface area (Å²) >= 11 is 0. The summed E-state index contributed by atoms with van der Waals surface area (Å²) in [5.41, 5.74) is 2.47. The van der Waals surface area contributed by atoms with Gasteiger partial charge in [0.05, 0.1) is 22.3 Å². The molecule has 0 fully saturated rings. The van der Waals surface area contributed by atoms with Crippen LogP contribution >= 0.6 is 0 Å². The molecule has 6 heteroatoms. The number of benzene rings is 1. The number of rotatable bonds is 3. The number of carbonyl (C=O) groups is 1. The van der Waals surface area contributed by atoms with Crippen LogP contribution in [0.3, 0.4) is 0 Å². The number of nitrogens with one attached hydrogen (secondary N) is 1.